The van der Waals surface area contributed by atoms with E-state index in [-0.39, 0.29) is 24.1 Å². The number of methoxy groups -OCH3 is 2. The lowest BCUT2D eigenvalue weighted by atomic mass is 9.97. The molecular formula is C24H32N4O4. The molecule has 2 aromatic rings. The Balaban J connectivity index is 1.27. The summed E-state index contributed by atoms with van der Waals surface area (Å²) in [5.74, 6) is 1.32. The molecule has 2 heterocycles. The zero-order valence-corrected chi connectivity index (χ0v) is 18.9. The van der Waals surface area contributed by atoms with Gasteiger partial charge in [0.15, 0.2) is 11.5 Å². The second-order valence-electron chi connectivity index (χ2n) is 8.63. The number of aryl methyl sites for hydroxylation is 2. The number of likely N-dealkylation sites (tertiary alicyclic amines) is 1. The summed E-state index contributed by atoms with van der Waals surface area (Å²) in [6.45, 7) is 2.61. The summed E-state index contributed by atoms with van der Waals surface area (Å²) in [7, 11) is 3.28. The van der Waals surface area contributed by atoms with E-state index < -0.39 is 0 Å². The first-order valence-electron chi connectivity index (χ1n) is 11.4. The van der Waals surface area contributed by atoms with E-state index in [1.54, 1.807) is 20.3 Å². The summed E-state index contributed by atoms with van der Waals surface area (Å²) in [5, 5.41) is 7.54. The van der Waals surface area contributed by atoms with Crippen LogP contribution in [0.25, 0.3) is 0 Å². The first-order valence-corrected chi connectivity index (χ1v) is 11.4. The minimum atomic E-state index is -0.189. The number of aromatic nitrogens is 2. The minimum Gasteiger partial charge on any atom is -0.493 e. The van der Waals surface area contributed by atoms with Gasteiger partial charge in [0.1, 0.15) is 6.54 Å². The Morgan fingerprint density at radius 3 is 2.59 bits per heavy atom. The lowest BCUT2D eigenvalue weighted by Gasteiger charge is -2.32. The van der Waals surface area contributed by atoms with E-state index >= 15 is 0 Å². The fourth-order valence-corrected chi connectivity index (χ4v) is 4.60. The van der Waals surface area contributed by atoms with Crippen LogP contribution in [0.4, 0.5) is 0 Å². The first kappa shape index (κ1) is 22.3. The number of hydrogen-bond acceptors (Lipinski definition) is 6. The van der Waals surface area contributed by atoms with Gasteiger partial charge in [-0.25, -0.2) is 4.68 Å². The highest BCUT2D eigenvalue weighted by atomic mass is 16.5. The number of hydrogen-bond donors (Lipinski definition) is 1. The van der Waals surface area contributed by atoms with Gasteiger partial charge in [0.2, 0.25) is 5.91 Å². The van der Waals surface area contributed by atoms with Gasteiger partial charge in [-0.2, -0.15) is 5.10 Å². The summed E-state index contributed by atoms with van der Waals surface area (Å²) >= 11 is 0. The molecule has 1 fully saturated rings. The van der Waals surface area contributed by atoms with E-state index in [2.05, 4.69) is 21.4 Å². The molecule has 1 aliphatic carbocycles. The summed E-state index contributed by atoms with van der Waals surface area (Å²) in [5.41, 5.74) is 2.99. The standard InChI is InChI=1S/C24H32N4O4/c1-31-21-8-7-17(13-22(21)32-2)15-27-11-9-19(10-12-27)25-23(29)16-28-24(30)14-18-5-3-4-6-20(18)26-28/h7-8,13-14,19H,3-6,9-12,15-16H2,1-2H3,(H,25,29). The zero-order valence-electron chi connectivity index (χ0n) is 18.9. The third kappa shape index (κ3) is 5.30. The molecule has 2 aliphatic rings. The Morgan fingerprint density at radius 2 is 1.84 bits per heavy atom. The lowest BCUT2D eigenvalue weighted by molar-refractivity contribution is -0.123. The Bertz CT molecular complexity index is 1010. The quantitative estimate of drug-likeness (QED) is 0.708. The number of carbonyl (C=O) groups is 1. The number of ether oxygens (including phenoxy) is 2. The summed E-state index contributed by atoms with van der Waals surface area (Å²) in [4.78, 5) is 27.2. The number of fused-ring (bicyclic) bond motifs is 1. The monoisotopic (exact) mass is 440 g/mol. The molecule has 0 unspecified atom stereocenters. The predicted octanol–water partition coefficient (Wildman–Crippen LogP) is 1.92. The van der Waals surface area contributed by atoms with Crippen LogP contribution in [0.2, 0.25) is 0 Å². The molecule has 172 valence electrons. The molecule has 1 N–H and O–H groups in total. The molecule has 8 nitrogen and oxygen atoms in total. The first-order chi connectivity index (χ1) is 15.6. The second kappa shape index (κ2) is 10.2. The van der Waals surface area contributed by atoms with Gasteiger partial charge in [-0.15, -0.1) is 0 Å². The number of piperidine rings is 1. The normalized spacial score (nSPS) is 16.9. The van der Waals surface area contributed by atoms with Crippen molar-refractivity contribution in [2.45, 2.75) is 57.7 Å². The summed E-state index contributed by atoms with van der Waals surface area (Å²) in [6, 6.07) is 7.77. The van der Waals surface area contributed by atoms with E-state index in [1.165, 1.54) is 10.2 Å². The van der Waals surface area contributed by atoms with Gasteiger partial charge < -0.3 is 14.8 Å². The van der Waals surface area contributed by atoms with E-state index in [0.29, 0.717) is 0 Å². The molecule has 8 heteroatoms. The number of amides is 1. The van der Waals surface area contributed by atoms with Crippen LogP contribution in [0.1, 0.15) is 42.5 Å². The highest BCUT2D eigenvalue weighted by Gasteiger charge is 2.22. The predicted molar refractivity (Wildman–Crippen MR) is 121 cm³/mol. The Morgan fingerprint density at radius 1 is 1.09 bits per heavy atom. The van der Waals surface area contributed by atoms with Crippen LogP contribution >= 0.6 is 0 Å². The van der Waals surface area contributed by atoms with Crippen molar-refractivity contribution in [2.75, 3.05) is 27.3 Å². The number of benzene rings is 1. The highest BCUT2D eigenvalue weighted by Crippen LogP contribution is 2.28. The van der Waals surface area contributed by atoms with E-state index in [4.69, 9.17) is 9.47 Å². The zero-order chi connectivity index (χ0) is 22.5. The van der Waals surface area contributed by atoms with E-state index in [0.717, 1.165) is 80.9 Å². The molecule has 0 bridgehead atoms. The van der Waals surface area contributed by atoms with Crippen LogP contribution in [0.5, 0.6) is 11.5 Å². The molecule has 32 heavy (non-hydrogen) atoms. The van der Waals surface area contributed by atoms with Gasteiger partial charge in [0.25, 0.3) is 5.56 Å². The van der Waals surface area contributed by atoms with Crippen LogP contribution in [0, 0.1) is 0 Å². The van der Waals surface area contributed by atoms with Gasteiger partial charge in [0, 0.05) is 31.7 Å². The van der Waals surface area contributed by atoms with Crippen LogP contribution in [0.15, 0.2) is 29.1 Å². The summed E-state index contributed by atoms with van der Waals surface area (Å²) < 4.78 is 12.0. The van der Waals surface area contributed by atoms with Crippen LogP contribution < -0.4 is 20.3 Å². The largest absolute Gasteiger partial charge is 0.493 e. The molecular weight excluding hydrogens is 408 g/mol. The third-order valence-electron chi connectivity index (χ3n) is 6.37. The van der Waals surface area contributed by atoms with Gasteiger partial charge in [-0.3, -0.25) is 14.5 Å². The molecule has 1 aromatic heterocycles. The number of carbonyl (C=O) groups excluding carboxylic acids is 1. The number of nitrogens with zero attached hydrogens (tertiary/aromatic N) is 3. The Labute approximate surface area is 188 Å². The average Bonchev–Trinajstić information content (AvgIpc) is 2.80. The van der Waals surface area contributed by atoms with Crippen molar-refractivity contribution in [3.8, 4) is 11.5 Å². The maximum atomic E-state index is 12.6. The van der Waals surface area contributed by atoms with E-state index in [1.807, 2.05) is 12.1 Å². The van der Waals surface area contributed by atoms with Gasteiger partial charge >= 0.3 is 0 Å². The van der Waals surface area contributed by atoms with Crippen LogP contribution in [0.3, 0.4) is 0 Å². The average molecular weight is 441 g/mol. The molecule has 1 saturated heterocycles. The molecule has 0 atom stereocenters. The smallest absolute Gasteiger partial charge is 0.267 e. The summed E-state index contributed by atoms with van der Waals surface area (Å²) in [6.07, 6.45) is 5.74. The highest BCUT2D eigenvalue weighted by molar-refractivity contribution is 5.75. The molecule has 0 spiro atoms. The molecule has 0 saturated carbocycles. The van der Waals surface area contributed by atoms with Crippen LogP contribution in [-0.2, 0) is 30.7 Å². The van der Waals surface area contributed by atoms with Crippen molar-refractivity contribution in [1.82, 2.24) is 20.0 Å². The molecule has 4 rings (SSSR count). The molecule has 1 aliphatic heterocycles. The molecule has 1 amide bonds. The minimum absolute atomic E-state index is 0.0159. The van der Waals surface area contributed by atoms with Gasteiger partial charge in [0.05, 0.1) is 19.9 Å². The van der Waals surface area contributed by atoms with Crippen molar-refractivity contribution >= 4 is 5.91 Å². The Kier molecular flexibility index (Phi) is 7.09. The van der Waals surface area contributed by atoms with Crippen LogP contribution in [-0.4, -0.2) is 53.9 Å². The number of nitrogens with one attached hydrogen (secondary N) is 1. The fraction of sp³-hybridized carbons (Fsp3) is 0.542. The van der Waals surface area contributed by atoms with Crippen molar-refractivity contribution in [3.63, 3.8) is 0 Å². The molecule has 1 aromatic carbocycles. The van der Waals surface area contributed by atoms with E-state index in [9.17, 15) is 9.59 Å². The molecule has 0 radical (unpaired) electrons. The topological polar surface area (TPSA) is 85.7 Å². The second-order valence-corrected chi connectivity index (χ2v) is 8.63. The maximum Gasteiger partial charge on any atom is 0.267 e. The van der Waals surface area contributed by atoms with Crippen molar-refractivity contribution < 1.29 is 14.3 Å². The van der Waals surface area contributed by atoms with Gasteiger partial charge in [-0.05, 0) is 61.8 Å². The van der Waals surface area contributed by atoms with Gasteiger partial charge in [-0.1, -0.05) is 6.07 Å². The number of rotatable bonds is 7. The fourth-order valence-electron chi connectivity index (χ4n) is 4.60. The van der Waals surface area contributed by atoms with Crippen molar-refractivity contribution in [1.29, 1.82) is 0 Å². The Hall–Kier alpha value is -2.87. The third-order valence-corrected chi connectivity index (χ3v) is 6.37. The SMILES string of the molecule is COc1ccc(CN2CCC(NC(=O)Cn3nc4c(cc3=O)CCCC4)CC2)cc1OC. The lowest BCUT2D eigenvalue weighted by Crippen LogP contribution is -2.46. The maximum absolute atomic E-state index is 12.6. The van der Waals surface area contributed by atoms with Crippen molar-refractivity contribution in [2.24, 2.45) is 0 Å². The van der Waals surface area contributed by atoms with Crippen molar-refractivity contribution in [3.05, 3.63) is 51.4 Å².